The van der Waals surface area contributed by atoms with Gasteiger partial charge < -0.3 is 4.42 Å². The fraction of sp³-hybridized carbons (Fsp3) is 0.0870. The Labute approximate surface area is 154 Å². The van der Waals surface area contributed by atoms with Crippen LogP contribution in [-0.4, -0.2) is 5.71 Å². The summed E-state index contributed by atoms with van der Waals surface area (Å²) < 4.78 is 5.45. The van der Waals surface area contributed by atoms with Gasteiger partial charge in [0.2, 0.25) is 0 Å². The smallest absolute Gasteiger partial charge is 0.135 e. The van der Waals surface area contributed by atoms with E-state index in [2.05, 4.69) is 34.8 Å². The molecule has 0 saturated carbocycles. The lowest BCUT2D eigenvalue weighted by atomic mass is 10.0. The van der Waals surface area contributed by atoms with E-state index in [0.29, 0.717) is 0 Å². The van der Waals surface area contributed by atoms with Crippen LogP contribution in [0.25, 0.3) is 11.0 Å². The number of rotatable bonds is 4. The highest BCUT2D eigenvalue weighted by atomic mass is 16.3. The molecule has 1 aromatic heterocycles. The van der Waals surface area contributed by atoms with Crippen molar-refractivity contribution in [2.45, 2.75) is 13.8 Å². The molecule has 0 aliphatic carbocycles. The topological polar surface area (TPSA) is 37.5 Å². The minimum Gasteiger partial charge on any atom is -0.464 e. The fourth-order valence-electron chi connectivity index (χ4n) is 2.70. The highest BCUT2D eigenvalue weighted by Gasteiger charge is 2.07. The van der Waals surface area contributed by atoms with Gasteiger partial charge in [-0.05, 0) is 18.2 Å². The number of benzene rings is 3. The minimum atomic E-state index is 0.844. The zero-order valence-electron chi connectivity index (χ0n) is 15.0. The minimum absolute atomic E-state index is 0.844. The third kappa shape index (κ3) is 3.83. The lowest BCUT2D eigenvalue weighted by Gasteiger charge is -2.09. The van der Waals surface area contributed by atoms with Crippen molar-refractivity contribution in [1.29, 1.82) is 0 Å². The van der Waals surface area contributed by atoms with E-state index >= 15 is 0 Å². The van der Waals surface area contributed by atoms with Gasteiger partial charge in [0.05, 0.1) is 17.7 Å². The van der Waals surface area contributed by atoms with Gasteiger partial charge in [0.1, 0.15) is 5.58 Å². The summed E-state index contributed by atoms with van der Waals surface area (Å²) in [6.45, 7) is 4.00. The molecule has 0 bridgehead atoms. The van der Waals surface area contributed by atoms with Gasteiger partial charge >= 0.3 is 0 Å². The number of hydrogen-bond acceptors (Lipinski definition) is 3. The molecule has 1 heterocycles. The highest BCUT2D eigenvalue weighted by Crippen LogP contribution is 2.24. The van der Waals surface area contributed by atoms with Crippen molar-refractivity contribution in [2.75, 3.05) is 5.43 Å². The van der Waals surface area contributed by atoms with E-state index in [1.54, 1.807) is 6.26 Å². The first-order valence-corrected chi connectivity index (χ1v) is 8.82. The summed E-state index contributed by atoms with van der Waals surface area (Å²) in [6.07, 6.45) is 1.69. The third-order valence-corrected chi connectivity index (χ3v) is 3.88. The summed E-state index contributed by atoms with van der Waals surface area (Å²) in [6, 6.07) is 28.2. The molecule has 3 heteroatoms. The second kappa shape index (κ2) is 8.67. The van der Waals surface area contributed by atoms with Crippen molar-refractivity contribution < 1.29 is 4.42 Å². The molecule has 26 heavy (non-hydrogen) atoms. The predicted molar refractivity (Wildman–Crippen MR) is 110 cm³/mol. The van der Waals surface area contributed by atoms with E-state index in [-0.39, 0.29) is 0 Å². The number of anilines is 1. The molecule has 4 rings (SSSR count). The number of fused-ring (bicyclic) bond motifs is 1. The fourth-order valence-corrected chi connectivity index (χ4v) is 2.70. The molecule has 0 radical (unpaired) electrons. The summed E-state index contributed by atoms with van der Waals surface area (Å²) in [5, 5.41) is 5.70. The van der Waals surface area contributed by atoms with Crippen molar-refractivity contribution in [1.82, 2.24) is 0 Å². The van der Waals surface area contributed by atoms with Gasteiger partial charge in [0.15, 0.2) is 0 Å². The Kier molecular flexibility index (Phi) is 5.84. The van der Waals surface area contributed by atoms with Crippen LogP contribution in [0.3, 0.4) is 0 Å². The summed E-state index contributed by atoms with van der Waals surface area (Å²) >= 11 is 0. The summed E-state index contributed by atoms with van der Waals surface area (Å²) in [5.41, 5.74) is 7.99. The summed E-state index contributed by atoms with van der Waals surface area (Å²) in [5.74, 6) is 0. The molecule has 0 aliphatic rings. The second-order valence-corrected chi connectivity index (χ2v) is 5.44. The molecule has 130 valence electrons. The van der Waals surface area contributed by atoms with Crippen LogP contribution in [0.15, 0.2) is 101 Å². The van der Waals surface area contributed by atoms with Gasteiger partial charge in [-0.25, -0.2) is 0 Å². The molecule has 0 saturated heterocycles. The number of nitrogens with one attached hydrogen (secondary N) is 1. The zero-order valence-corrected chi connectivity index (χ0v) is 15.0. The Balaban J connectivity index is 0.000000948. The van der Waals surface area contributed by atoms with Crippen LogP contribution in [-0.2, 0) is 0 Å². The first-order valence-electron chi connectivity index (χ1n) is 8.82. The lowest BCUT2D eigenvalue weighted by molar-refractivity contribution is 0.616. The van der Waals surface area contributed by atoms with E-state index in [1.165, 1.54) is 0 Å². The van der Waals surface area contributed by atoms with Crippen LogP contribution >= 0.6 is 0 Å². The quantitative estimate of drug-likeness (QED) is 0.348. The highest BCUT2D eigenvalue weighted by molar-refractivity contribution is 6.13. The lowest BCUT2D eigenvalue weighted by Crippen LogP contribution is -2.06. The maximum atomic E-state index is 5.45. The molecule has 0 unspecified atom stereocenters. The third-order valence-electron chi connectivity index (χ3n) is 3.88. The standard InChI is InChI=1S/C21H16N2O.C2H6/c1-3-8-16(9-4-1)21(17-10-5-2-6-11-17)23-22-19-12-7-13-20-18(19)14-15-24-20;1-2/h1-15,22H;1-2H3. The van der Waals surface area contributed by atoms with E-state index in [1.807, 2.05) is 74.5 Å². The first-order chi connectivity index (χ1) is 12.9. The maximum absolute atomic E-state index is 5.45. The Bertz CT molecular complexity index is 931. The average Bonchev–Trinajstić information content (AvgIpc) is 3.21. The molecule has 0 amide bonds. The largest absolute Gasteiger partial charge is 0.464 e. The molecule has 0 atom stereocenters. The van der Waals surface area contributed by atoms with Crippen LogP contribution < -0.4 is 5.43 Å². The van der Waals surface area contributed by atoms with Crippen LogP contribution in [0, 0.1) is 0 Å². The molecule has 0 aliphatic heterocycles. The number of hydrogen-bond donors (Lipinski definition) is 1. The molecule has 1 N–H and O–H groups in total. The summed E-state index contributed by atoms with van der Waals surface area (Å²) in [7, 11) is 0. The van der Waals surface area contributed by atoms with Gasteiger partial charge in [-0.2, -0.15) is 5.10 Å². The van der Waals surface area contributed by atoms with Gasteiger partial charge in [0, 0.05) is 16.5 Å². The van der Waals surface area contributed by atoms with Crippen molar-refractivity contribution >= 4 is 22.4 Å². The molecule has 3 aromatic carbocycles. The van der Waals surface area contributed by atoms with Crippen molar-refractivity contribution in [3.8, 4) is 0 Å². The van der Waals surface area contributed by atoms with Crippen LogP contribution in [0.5, 0.6) is 0 Å². The first kappa shape index (κ1) is 17.5. The maximum Gasteiger partial charge on any atom is 0.135 e. The molecular weight excluding hydrogens is 320 g/mol. The SMILES string of the molecule is CC.c1ccc(C(=NNc2cccc3occc23)c2ccccc2)cc1. The molecular formula is C23H22N2O. The van der Waals surface area contributed by atoms with Gasteiger partial charge in [-0.1, -0.05) is 80.6 Å². The summed E-state index contributed by atoms with van der Waals surface area (Å²) in [4.78, 5) is 0. The normalized spacial score (nSPS) is 9.92. The Morgan fingerprint density at radius 2 is 1.35 bits per heavy atom. The van der Waals surface area contributed by atoms with Crippen LogP contribution in [0.1, 0.15) is 25.0 Å². The van der Waals surface area contributed by atoms with Crippen LogP contribution in [0.2, 0.25) is 0 Å². The Morgan fingerprint density at radius 1 is 0.731 bits per heavy atom. The monoisotopic (exact) mass is 342 g/mol. The average molecular weight is 342 g/mol. The second-order valence-electron chi connectivity index (χ2n) is 5.44. The van der Waals surface area contributed by atoms with E-state index in [4.69, 9.17) is 4.42 Å². The predicted octanol–water partition coefficient (Wildman–Crippen LogP) is 6.32. The van der Waals surface area contributed by atoms with E-state index in [9.17, 15) is 0 Å². The number of hydrazone groups is 1. The van der Waals surface area contributed by atoms with Crippen molar-refractivity contribution in [2.24, 2.45) is 5.10 Å². The van der Waals surface area contributed by atoms with E-state index < -0.39 is 0 Å². The van der Waals surface area contributed by atoms with Crippen molar-refractivity contribution in [3.63, 3.8) is 0 Å². The van der Waals surface area contributed by atoms with E-state index in [0.717, 1.165) is 33.5 Å². The molecule has 0 fully saturated rings. The van der Waals surface area contributed by atoms with Crippen LogP contribution in [0.4, 0.5) is 5.69 Å². The number of furan rings is 1. The van der Waals surface area contributed by atoms with Crippen molar-refractivity contribution in [3.05, 3.63) is 102 Å². The Morgan fingerprint density at radius 3 is 1.96 bits per heavy atom. The zero-order chi connectivity index (χ0) is 18.2. The number of nitrogens with zero attached hydrogens (tertiary/aromatic N) is 1. The Hall–Kier alpha value is -3.33. The van der Waals surface area contributed by atoms with Gasteiger partial charge in [0.25, 0.3) is 0 Å². The molecule has 0 spiro atoms. The molecule has 4 aromatic rings. The molecule has 3 nitrogen and oxygen atoms in total. The van der Waals surface area contributed by atoms with Gasteiger partial charge in [-0.15, -0.1) is 0 Å². The van der Waals surface area contributed by atoms with Gasteiger partial charge in [-0.3, -0.25) is 5.43 Å².